The van der Waals surface area contributed by atoms with Crippen LogP contribution in [0, 0.1) is 5.82 Å². The van der Waals surface area contributed by atoms with E-state index in [2.05, 4.69) is 37.0 Å². The molecular weight excluding hydrogens is 495 g/mol. The number of benzene rings is 4. The van der Waals surface area contributed by atoms with Crippen molar-refractivity contribution in [2.45, 2.75) is 26.2 Å². The van der Waals surface area contributed by atoms with Gasteiger partial charge in [-0.15, -0.1) is 0 Å². The summed E-state index contributed by atoms with van der Waals surface area (Å²) in [5.41, 5.74) is 7.38. The van der Waals surface area contributed by atoms with E-state index in [-0.39, 0.29) is 17.6 Å². The Morgan fingerprint density at radius 3 is 2.34 bits per heavy atom. The molecule has 0 saturated carbocycles. The summed E-state index contributed by atoms with van der Waals surface area (Å²) >= 11 is 5.08. The maximum Gasteiger partial charge on any atom is 0.251 e. The SMILES string of the molecule is C=C(C)Cl.CC(CNC(=O)c1ccc2c(c1)N=C(c1ccc(F)cc1)c1ccccc1C2)c1ccccc1. The lowest BCUT2D eigenvalue weighted by Crippen LogP contribution is -2.27. The first-order valence-electron chi connectivity index (χ1n) is 12.5. The van der Waals surface area contributed by atoms with Crippen LogP contribution in [0.15, 0.2) is 114 Å². The molecule has 4 aromatic rings. The van der Waals surface area contributed by atoms with Crippen LogP contribution < -0.4 is 5.32 Å². The Kier molecular flexibility index (Phi) is 8.88. The van der Waals surface area contributed by atoms with Gasteiger partial charge in [-0.25, -0.2) is 9.38 Å². The largest absolute Gasteiger partial charge is 0.351 e. The number of hydrogen-bond acceptors (Lipinski definition) is 2. The lowest BCUT2D eigenvalue weighted by molar-refractivity contribution is 0.0951. The third kappa shape index (κ3) is 6.84. The van der Waals surface area contributed by atoms with Gasteiger partial charge in [0.15, 0.2) is 0 Å². The number of allylic oxidation sites excluding steroid dienone is 1. The molecule has 1 aliphatic rings. The van der Waals surface area contributed by atoms with Crippen LogP contribution in [0.1, 0.15) is 57.9 Å². The Morgan fingerprint density at radius 2 is 1.63 bits per heavy atom. The van der Waals surface area contributed by atoms with Crippen molar-refractivity contribution in [3.63, 3.8) is 0 Å². The fourth-order valence-electron chi connectivity index (χ4n) is 4.33. The number of carbonyl (C=O) groups is 1. The number of nitrogens with one attached hydrogen (secondary N) is 1. The van der Waals surface area contributed by atoms with E-state index in [9.17, 15) is 9.18 Å². The number of rotatable bonds is 5. The van der Waals surface area contributed by atoms with Crippen LogP contribution in [0.5, 0.6) is 0 Å². The van der Waals surface area contributed by atoms with E-state index in [4.69, 9.17) is 16.6 Å². The van der Waals surface area contributed by atoms with Gasteiger partial charge in [0, 0.05) is 34.7 Å². The van der Waals surface area contributed by atoms with Gasteiger partial charge in [0.2, 0.25) is 0 Å². The molecule has 0 aromatic heterocycles. The monoisotopic (exact) mass is 524 g/mol. The zero-order valence-electron chi connectivity index (χ0n) is 21.5. The molecule has 192 valence electrons. The van der Waals surface area contributed by atoms with E-state index >= 15 is 0 Å². The van der Waals surface area contributed by atoms with Gasteiger partial charge in [-0.05, 0) is 65.9 Å². The Morgan fingerprint density at radius 1 is 0.974 bits per heavy atom. The van der Waals surface area contributed by atoms with Crippen molar-refractivity contribution in [3.05, 3.63) is 148 Å². The summed E-state index contributed by atoms with van der Waals surface area (Å²) in [5, 5.41) is 3.70. The number of hydrogen-bond donors (Lipinski definition) is 1. The van der Waals surface area contributed by atoms with Crippen molar-refractivity contribution in [1.82, 2.24) is 5.32 Å². The quantitative estimate of drug-likeness (QED) is 0.247. The third-order valence-corrected chi connectivity index (χ3v) is 6.29. The van der Waals surface area contributed by atoms with Crippen LogP contribution in [-0.4, -0.2) is 18.2 Å². The number of nitrogens with zero attached hydrogens (tertiary/aromatic N) is 1. The number of aliphatic imine (C=N–C) groups is 1. The Balaban J connectivity index is 0.000000786. The second-order valence-corrected chi connectivity index (χ2v) is 9.99. The molecule has 1 aliphatic heterocycles. The first-order chi connectivity index (χ1) is 18.3. The molecule has 0 bridgehead atoms. The Hall–Kier alpha value is -4.02. The zero-order chi connectivity index (χ0) is 27.1. The molecule has 0 spiro atoms. The summed E-state index contributed by atoms with van der Waals surface area (Å²) in [7, 11) is 0. The van der Waals surface area contributed by atoms with Crippen molar-refractivity contribution in [1.29, 1.82) is 0 Å². The molecule has 38 heavy (non-hydrogen) atoms. The van der Waals surface area contributed by atoms with E-state index in [0.29, 0.717) is 23.6 Å². The molecule has 3 nitrogen and oxygen atoms in total. The molecule has 0 saturated heterocycles. The summed E-state index contributed by atoms with van der Waals surface area (Å²) in [6.07, 6.45) is 0.715. The van der Waals surface area contributed by atoms with Crippen molar-refractivity contribution in [2.75, 3.05) is 6.54 Å². The predicted molar refractivity (Wildman–Crippen MR) is 155 cm³/mol. The minimum atomic E-state index is -0.282. The number of fused-ring (bicyclic) bond motifs is 2. The molecule has 0 radical (unpaired) electrons. The maximum absolute atomic E-state index is 13.6. The topological polar surface area (TPSA) is 41.5 Å². The van der Waals surface area contributed by atoms with Gasteiger partial charge in [0.25, 0.3) is 5.91 Å². The van der Waals surface area contributed by atoms with E-state index in [0.717, 1.165) is 33.7 Å². The summed E-state index contributed by atoms with van der Waals surface area (Å²) in [6.45, 7) is 7.71. The van der Waals surface area contributed by atoms with Crippen LogP contribution in [0.3, 0.4) is 0 Å². The summed E-state index contributed by atoms with van der Waals surface area (Å²) in [4.78, 5) is 17.9. The molecule has 1 atom stereocenters. The van der Waals surface area contributed by atoms with Crippen LogP contribution in [-0.2, 0) is 6.42 Å². The molecule has 4 aromatic carbocycles. The second kappa shape index (κ2) is 12.5. The van der Waals surface area contributed by atoms with E-state index in [1.807, 2.05) is 54.6 Å². The van der Waals surface area contributed by atoms with Gasteiger partial charge >= 0.3 is 0 Å². The lowest BCUT2D eigenvalue weighted by atomic mass is 9.94. The summed E-state index contributed by atoms with van der Waals surface area (Å²) in [6, 6.07) is 30.4. The highest BCUT2D eigenvalue weighted by atomic mass is 35.5. The van der Waals surface area contributed by atoms with Gasteiger partial charge in [0.05, 0.1) is 11.4 Å². The molecule has 5 rings (SSSR count). The average Bonchev–Trinajstić information content (AvgIpc) is 3.08. The molecule has 5 heteroatoms. The summed E-state index contributed by atoms with van der Waals surface area (Å²) in [5.74, 6) is -0.190. The molecule has 1 unspecified atom stereocenters. The smallest absolute Gasteiger partial charge is 0.251 e. The molecular formula is C33H30ClFN2O. The van der Waals surface area contributed by atoms with Crippen LogP contribution in [0.2, 0.25) is 0 Å². The van der Waals surface area contributed by atoms with Gasteiger partial charge < -0.3 is 5.32 Å². The van der Waals surface area contributed by atoms with Gasteiger partial charge in [-0.1, -0.05) is 85.8 Å². The van der Waals surface area contributed by atoms with Crippen molar-refractivity contribution in [2.24, 2.45) is 4.99 Å². The Labute approximate surface area is 228 Å². The highest BCUT2D eigenvalue weighted by molar-refractivity contribution is 6.28. The van der Waals surface area contributed by atoms with Crippen molar-refractivity contribution >= 4 is 28.9 Å². The maximum atomic E-state index is 13.6. The number of carbonyl (C=O) groups excluding carboxylic acids is 1. The molecule has 0 fully saturated rings. The van der Waals surface area contributed by atoms with Crippen LogP contribution >= 0.6 is 11.6 Å². The van der Waals surface area contributed by atoms with E-state index in [1.54, 1.807) is 19.1 Å². The van der Waals surface area contributed by atoms with Crippen LogP contribution in [0.4, 0.5) is 10.1 Å². The molecule has 1 heterocycles. The van der Waals surface area contributed by atoms with Gasteiger partial charge in [-0.2, -0.15) is 0 Å². The number of amides is 1. The van der Waals surface area contributed by atoms with E-state index in [1.165, 1.54) is 17.7 Å². The van der Waals surface area contributed by atoms with Gasteiger partial charge in [0.1, 0.15) is 5.82 Å². The highest BCUT2D eigenvalue weighted by Crippen LogP contribution is 2.31. The minimum absolute atomic E-state index is 0.120. The van der Waals surface area contributed by atoms with Crippen molar-refractivity contribution < 1.29 is 9.18 Å². The fourth-order valence-corrected chi connectivity index (χ4v) is 4.33. The first-order valence-corrected chi connectivity index (χ1v) is 12.9. The first kappa shape index (κ1) is 27.0. The summed E-state index contributed by atoms with van der Waals surface area (Å²) < 4.78 is 13.6. The fraction of sp³-hybridized carbons (Fsp3) is 0.152. The number of halogens is 2. The standard InChI is InChI=1S/C30H25FN2O.C3H5Cl/c1-20(21-7-3-2-4-8-21)19-32-30(34)25-12-11-24-17-23-9-5-6-10-27(23)29(33-28(24)18-25)22-13-15-26(31)16-14-22;1-3(2)4/h2-16,18,20H,17,19H2,1H3,(H,32,34);1H2,2H3. The zero-order valence-corrected chi connectivity index (χ0v) is 22.3. The second-order valence-electron chi connectivity index (χ2n) is 9.34. The highest BCUT2D eigenvalue weighted by Gasteiger charge is 2.19. The average molecular weight is 525 g/mol. The van der Waals surface area contributed by atoms with Gasteiger partial charge in [-0.3, -0.25) is 4.79 Å². The molecule has 1 amide bonds. The molecule has 1 N–H and O–H groups in total. The lowest BCUT2D eigenvalue weighted by Gasteiger charge is -2.14. The Bertz CT molecular complexity index is 1460. The van der Waals surface area contributed by atoms with Crippen LogP contribution in [0.25, 0.3) is 0 Å². The normalized spacial score (nSPS) is 12.5. The predicted octanol–water partition coefficient (Wildman–Crippen LogP) is 8.19. The molecule has 0 aliphatic carbocycles. The minimum Gasteiger partial charge on any atom is -0.351 e. The van der Waals surface area contributed by atoms with Crippen molar-refractivity contribution in [3.8, 4) is 0 Å². The van der Waals surface area contributed by atoms with E-state index < -0.39 is 0 Å². The third-order valence-electron chi connectivity index (χ3n) is 6.29.